The predicted molar refractivity (Wildman–Crippen MR) is 56.7 cm³/mol. The lowest BCUT2D eigenvalue weighted by Gasteiger charge is -2.11. The largest absolute Gasteiger partial charge is 0.390 e. The van der Waals surface area contributed by atoms with Crippen LogP contribution in [0.2, 0.25) is 0 Å². The fourth-order valence-corrected chi connectivity index (χ4v) is 1.53. The van der Waals surface area contributed by atoms with Gasteiger partial charge in [0.1, 0.15) is 0 Å². The minimum Gasteiger partial charge on any atom is -0.390 e. The van der Waals surface area contributed by atoms with Crippen LogP contribution in [0.3, 0.4) is 0 Å². The Labute approximate surface area is 88.3 Å². The molecular formula is C10H17N3O2. The van der Waals surface area contributed by atoms with Crippen molar-refractivity contribution in [1.29, 1.82) is 0 Å². The number of aryl methyl sites for hydroxylation is 1. The first-order valence-electron chi connectivity index (χ1n) is 5.30. The first kappa shape index (κ1) is 10.4. The number of hydrogen-bond acceptors (Lipinski definition) is 3. The average Bonchev–Trinajstić information content (AvgIpc) is 2.98. The topological polar surface area (TPSA) is 59.2 Å². The van der Waals surface area contributed by atoms with Gasteiger partial charge in [-0.3, -0.25) is 4.57 Å². The van der Waals surface area contributed by atoms with Crippen molar-refractivity contribution in [2.75, 3.05) is 6.54 Å². The maximum absolute atomic E-state index is 11.4. The molecule has 1 fully saturated rings. The van der Waals surface area contributed by atoms with E-state index >= 15 is 0 Å². The zero-order valence-corrected chi connectivity index (χ0v) is 8.89. The zero-order chi connectivity index (χ0) is 10.8. The molecule has 1 heterocycles. The minimum atomic E-state index is -0.495. The predicted octanol–water partition coefficient (Wildman–Crippen LogP) is -0.700. The highest BCUT2D eigenvalue weighted by Gasteiger charge is 2.21. The summed E-state index contributed by atoms with van der Waals surface area (Å²) in [5.41, 5.74) is -0.0829. The van der Waals surface area contributed by atoms with E-state index in [4.69, 9.17) is 0 Å². The lowest BCUT2D eigenvalue weighted by Crippen LogP contribution is -2.34. The molecule has 1 aliphatic rings. The van der Waals surface area contributed by atoms with Gasteiger partial charge in [-0.2, -0.15) is 0 Å². The molecule has 0 saturated heterocycles. The van der Waals surface area contributed by atoms with Crippen molar-refractivity contribution in [3.63, 3.8) is 0 Å². The van der Waals surface area contributed by atoms with E-state index in [1.54, 1.807) is 19.4 Å². The highest BCUT2D eigenvalue weighted by atomic mass is 16.3. The Bertz CT molecular complexity index is 378. The van der Waals surface area contributed by atoms with Crippen LogP contribution in [0.15, 0.2) is 17.2 Å². The zero-order valence-electron chi connectivity index (χ0n) is 8.89. The summed E-state index contributed by atoms with van der Waals surface area (Å²) >= 11 is 0. The van der Waals surface area contributed by atoms with Gasteiger partial charge in [0.15, 0.2) is 0 Å². The molecular weight excluding hydrogens is 194 g/mol. The smallest absolute Gasteiger partial charge is 0.327 e. The Morgan fingerprint density at radius 2 is 2.33 bits per heavy atom. The Morgan fingerprint density at radius 3 is 2.87 bits per heavy atom. The molecule has 2 N–H and O–H groups in total. The van der Waals surface area contributed by atoms with Crippen LogP contribution in [-0.2, 0) is 13.6 Å². The van der Waals surface area contributed by atoms with Crippen molar-refractivity contribution in [3.05, 3.63) is 22.9 Å². The summed E-state index contributed by atoms with van der Waals surface area (Å²) in [4.78, 5) is 11.4. The average molecular weight is 211 g/mol. The maximum atomic E-state index is 11.4. The Morgan fingerprint density at radius 1 is 1.60 bits per heavy atom. The summed E-state index contributed by atoms with van der Waals surface area (Å²) in [5.74, 6) is 0. The van der Waals surface area contributed by atoms with Gasteiger partial charge in [0.05, 0.1) is 12.6 Å². The third kappa shape index (κ3) is 2.70. The Hall–Kier alpha value is -1.07. The summed E-state index contributed by atoms with van der Waals surface area (Å²) in [7, 11) is 1.70. The summed E-state index contributed by atoms with van der Waals surface area (Å²) in [6.45, 7) is 0.922. The number of nitrogens with one attached hydrogen (secondary N) is 1. The van der Waals surface area contributed by atoms with Crippen LogP contribution < -0.4 is 11.0 Å². The molecule has 0 bridgehead atoms. The van der Waals surface area contributed by atoms with E-state index in [0.29, 0.717) is 19.1 Å². The van der Waals surface area contributed by atoms with Crippen LogP contribution >= 0.6 is 0 Å². The van der Waals surface area contributed by atoms with E-state index in [0.717, 1.165) is 0 Å². The van der Waals surface area contributed by atoms with Crippen molar-refractivity contribution in [3.8, 4) is 0 Å². The van der Waals surface area contributed by atoms with Gasteiger partial charge >= 0.3 is 5.69 Å². The molecule has 1 saturated carbocycles. The summed E-state index contributed by atoms with van der Waals surface area (Å²) in [5, 5.41) is 12.9. The molecule has 0 radical (unpaired) electrons. The second-order valence-electron chi connectivity index (χ2n) is 4.18. The second kappa shape index (κ2) is 4.20. The first-order chi connectivity index (χ1) is 7.16. The number of aliphatic hydroxyl groups excluding tert-OH is 1. The van der Waals surface area contributed by atoms with E-state index in [2.05, 4.69) is 5.32 Å². The molecule has 5 nitrogen and oxygen atoms in total. The molecule has 0 aliphatic heterocycles. The lowest BCUT2D eigenvalue weighted by molar-refractivity contribution is 0.149. The van der Waals surface area contributed by atoms with E-state index < -0.39 is 6.10 Å². The van der Waals surface area contributed by atoms with Crippen LogP contribution in [0, 0.1) is 0 Å². The standard InChI is InChI=1S/C10H17N3O2/c1-12-4-5-13(10(12)15)7-9(14)6-11-8-2-3-8/h4-5,8-9,11,14H,2-3,6-7H2,1H3. The number of nitrogens with zero attached hydrogens (tertiary/aromatic N) is 2. The SMILES string of the molecule is Cn1ccn(CC(O)CNC2CC2)c1=O. The van der Waals surface area contributed by atoms with E-state index in [1.165, 1.54) is 22.0 Å². The molecule has 1 aliphatic carbocycles. The highest BCUT2D eigenvalue weighted by Crippen LogP contribution is 2.18. The molecule has 1 atom stereocenters. The summed E-state index contributed by atoms with van der Waals surface area (Å²) < 4.78 is 3.03. The summed E-state index contributed by atoms with van der Waals surface area (Å²) in [6, 6.07) is 0.590. The van der Waals surface area contributed by atoms with Crippen LogP contribution in [0.4, 0.5) is 0 Å². The van der Waals surface area contributed by atoms with Gasteiger partial charge in [0.2, 0.25) is 0 Å². The third-order valence-electron chi connectivity index (χ3n) is 2.64. The number of imidazole rings is 1. The first-order valence-corrected chi connectivity index (χ1v) is 5.30. The lowest BCUT2D eigenvalue weighted by atomic mass is 10.3. The van der Waals surface area contributed by atoms with Gasteiger partial charge < -0.3 is 15.0 Å². The molecule has 0 spiro atoms. The molecule has 1 unspecified atom stereocenters. The third-order valence-corrected chi connectivity index (χ3v) is 2.64. The van der Waals surface area contributed by atoms with Crippen LogP contribution in [0.1, 0.15) is 12.8 Å². The van der Waals surface area contributed by atoms with Crippen molar-refractivity contribution < 1.29 is 5.11 Å². The second-order valence-corrected chi connectivity index (χ2v) is 4.18. The van der Waals surface area contributed by atoms with Crippen molar-refractivity contribution in [1.82, 2.24) is 14.5 Å². The van der Waals surface area contributed by atoms with Gasteiger partial charge in [-0.1, -0.05) is 0 Å². The highest BCUT2D eigenvalue weighted by molar-refractivity contribution is 4.84. The monoisotopic (exact) mass is 211 g/mol. The molecule has 2 rings (SSSR count). The molecule has 1 aromatic rings. The number of rotatable bonds is 5. The molecule has 1 aromatic heterocycles. The van der Waals surface area contributed by atoms with Crippen LogP contribution in [0.5, 0.6) is 0 Å². The van der Waals surface area contributed by atoms with Gasteiger partial charge in [-0.15, -0.1) is 0 Å². The Balaban J connectivity index is 1.84. The fourth-order valence-electron chi connectivity index (χ4n) is 1.53. The molecule has 15 heavy (non-hydrogen) atoms. The van der Waals surface area contributed by atoms with Crippen LogP contribution in [0.25, 0.3) is 0 Å². The maximum Gasteiger partial charge on any atom is 0.327 e. The molecule has 5 heteroatoms. The Kier molecular flexibility index (Phi) is 2.93. The van der Waals surface area contributed by atoms with Gasteiger partial charge in [0.25, 0.3) is 0 Å². The number of aromatic nitrogens is 2. The van der Waals surface area contributed by atoms with Crippen LogP contribution in [-0.4, -0.2) is 32.9 Å². The van der Waals surface area contributed by atoms with E-state index in [1.807, 2.05) is 0 Å². The van der Waals surface area contributed by atoms with E-state index in [9.17, 15) is 9.90 Å². The van der Waals surface area contributed by atoms with Gasteiger partial charge in [-0.25, -0.2) is 4.79 Å². The quantitative estimate of drug-likeness (QED) is 0.677. The van der Waals surface area contributed by atoms with Gasteiger partial charge in [-0.05, 0) is 12.8 Å². The number of aliphatic hydroxyl groups is 1. The molecule has 84 valence electrons. The van der Waals surface area contributed by atoms with Gasteiger partial charge in [0, 0.05) is 32.0 Å². The number of hydrogen-bond donors (Lipinski definition) is 2. The molecule has 0 amide bonds. The normalized spacial score (nSPS) is 18.0. The summed E-state index contributed by atoms with van der Waals surface area (Å²) in [6.07, 6.45) is 5.31. The van der Waals surface area contributed by atoms with E-state index in [-0.39, 0.29) is 5.69 Å². The fraction of sp³-hybridized carbons (Fsp3) is 0.700. The van der Waals surface area contributed by atoms with Crippen molar-refractivity contribution in [2.24, 2.45) is 7.05 Å². The van der Waals surface area contributed by atoms with Crippen molar-refractivity contribution >= 4 is 0 Å². The van der Waals surface area contributed by atoms with Crippen molar-refractivity contribution in [2.45, 2.75) is 31.5 Å². The minimum absolute atomic E-state index is 0.0829. The molecule has 0 aromatic carbocycles.